The fraction of sp³-hybridized carbons (Fsp3) is 0.583. The molecule has 0 spiro atoms. The molecular weight excluding hydrogens is 452 g/mol. The van der Waals surface area contributed by atoms with Gasteiger partial charge in [0.05, 0.1) is 13.2 Å². The zero-order valence-corrected chi connectivity index (χ0v) is 21.6. The van der Waals surface area contributed by atoms with Crippen LogP contribution in [0.1, 0.15) is 36.9 Å². The second-order valence-electron chi connectivity index (χ2n) is 9.86. The van der Waals surface area contributed by atoms with Crippen molar-refractivity contribution in [3.05, 3.63) is 30.2 Å². The number of benzene rings is 1. The number of hydrogen-bond acceptors (Lipinski definition) is 6. The number of carbonyl (C=O) groups is 3. The normalized spacial score (nSPS) is 15.2. The summed E-state index contributed by atoms with van der Waals surface area (Å²) in [5.74, 6) is -1.09. The van der Waals surface area contributed by atoms with Crippen LogP contribution < -0.4 is 5.32 Å². The second-order valence-corrected chi connectivity index (χ2v) is 15.4. The molecule has 1 aliphatic heterocycles. The Morgan fingerprint density at radius 2 is 1.85 bits per heavy atom. The summed E-state index contributed by atoms with van der Waals surface area (Å²) in [5, 5.41) is 2.92. The predicted molar refractivity (Wildman–Crippen MR) is 132 cm³/mol. The second kappa shape index (κ2) is 11.6. The molecule has 1 N–H and O–H groups in total. The van der Waals surface area contributed by atoms with Crippen LogP contribution in [0.25, 0.3) is 11.1 Å². The van der Waals surface area contributed by atoms with E-state index in [9.17, 15) is 14.4 Å². The number of oxazole rings is 1. The van der Waals surface area contributed by atoms with Crippen LogP contribution in [-0.4, -0.2) is 79.6 Å². The van der Waals surface area contributed by atoms with E-state index in [0.29, 0.717) is 49.9 Å². The number of aromatic nitrogens is 1. The van der Waals surface area contributed by atoms with Crippen LogP contribution in [0.2, 0.25) is 25.7 Å². The van der Waals surface area contributed by atoms with E-state index in [4.69, 9.17) is 9.15 Å². The fourth-order valence-corrected chi connectivity index (χ4v) is 5.42. The van der Waals surface area contributed by atoms with Gasteiger partial charge in [-0.15, -0.1) is 0 Å². The number of hydrogen-bond donors (Lipinski definition) is 1. The highest BCUT2D eigenvalue weighted by Gasteiger charge is 2.36. The largest absolute Gasteiger partial charge is 0.432 e. The maximum absolute atomic E-state index is 13.8. The number of rotatable bonds is 9. The van der Waals surface area contributed by atoms with Gasteiger partial charge in [-0.2, -0.15) is 0 Å². The molecule has 10 heteroatoms. The molecule has 2 heterocycles. The first-order chi connectivity index (χ1) is 16.2. The maximum Gasteiger partial charge on any atom is 0.318 e. The van der Waals surface area contributed by atoms with E-state index < -0.39 is 25.9 Å². The van der Waals surface area contributed by atoms with E-state index in [0.717, 1.165) is 12.8 Å². The Hall–Kier alpha value is -2.72. The van der Waals surface area contributed by atoms with Crippen molar-refractivity contribution in [3.8, 4) is 0 Å². The van der Waals surface area contributed by atoms with Crippen molar-refractivity contribution in [3.63, 3.8) is 0 Å². The number of carbonyl (C=O) groups excluding carboxylic acids is 3. The van der Waals surface area contributed by atoms with Crippen molar-refractivity contribution < 1.29 is 23.5 Å². The van der Waals surface area contributed by atoms with E-state index >= 15 is 0 Å². The van der Waals surface area contributed by atoms with Gasteiger partial charge in [0, 0.05) is 27.7 Å². The number of imide groups is 1. The number of morpholine rings is 1. The lowest BCUT2D eigenvalue weighted by Gasteiger charge is -2.32. The van der Waals surface area contributed by atoms with Crippen LogP contribution in [0.4, 0.5) is 4.79 Å². The van der Waals surface area contributed by atoms with Gasteiger partial charge in [0.25, 0.3) is 11.8 Å². The molecule has 0 saturated carbocycles. The summed E-state index contributed by atoms with van der Waals surface area (Å²) < 4.78 is 11.0. The average Bonchev–Trinajstić information content (AvgIpc) is 3.25. The van der Waals surface area contributed by atoms with Crippen LogP contribution >= 0.6 is 0 Å². The van der Waals surface area contributed by atoms with Crippen LogP contribution in [-0.2, 0) is 9.53 Å². The highest BCUT2D eigenvalue weighted by molar-refractivity contribution is 6.76. The topological polar surface area (TPSA) is 105 Å². The third-order valence-electron chi connectivity index (χ3n) is 5.68. The Labute approximate surface area is 201 Å². The molecule has 0 aliphatic carbocycles. The third-order valence-corrected chi connectivity index (χ3v) is 7.32. The van der Waals surface area contributed by atoms with E-state index in [1.165, 1.54) is 4.90 Å². The summed E-state index contributed by atoms with van der Waals surface area (Å²) >= 11 is 0. The quantitative estimate of drug-likeness (QED) is 0.426. The van der Waals surface area contributed by atoms with Crippen molar-refractivity contribution in [2.45, 2.75) is 57.9 Å². The van der Waals surface area contributed by atoms with E-state index in [1.54, 1.807) is 23.1 Å². The molecule has 3 rings (SSSR count). The van der Waals surface area contributed by atoms with Gasteiger partial charge in [-0.05, 0) is 24.6 Å². The van der Waals surface area contributed by atoms with Crippen molar-refractivity contribution in [2.24, 2.45) is 0 Å². The predicted octanol–water partition coefficient (Wildman–Crippen LogP) is 3.74. The number of para-hydroxylation sites is 2. The minimum absolute atomic E-state index is 0.114. The first-order valence-electron chi connectivity index (χ1n) is 12.0. The molecule has 4 amide bonds. The van der Waals surface area contributed by atoms with Gasteiger partial charge >= 0.3 is 11.9 Å². The highest BCUT2D eigenvalue weighted by Crippen LogP contribution is 2.19. The molecule has 0 bridgehead atoms. The van der Waals surface area contributed by atoms with Crippen LogP contribution in [0, 0.1) is 0 Å². The number of unbranched alkanes of at least 4 members (excludes halogenated alkanes) is 2. The summed E-state index contributed by atoms with van der Waals surface area (Å²) in [4.78, 5) is 47.3. The number of ether oxygens (including phenoxy) is 1. The lowest BCUT2D eigenvalue weighted by molar-refractivity contribution is -0.130. The summed E-state index contributed by atoms with van der Waals surface area (Å²) in [6.07, 6.45) is 2.50. The number of fused-ring (bicyclic) bond motifs is 1. The highest BCUT2D eigenvalue weighted by atomic mass is 28.3. The molecule has 1 aromatic carbocycles. The van der Waals surface area contributed by atoms with E-state index in [1.807, 2.05) is 6.07 Å². The molecule has 1 atom stereocenters. The zero-order valence-electron chi connectivity index (χ0n) is 20.6. The fourth-order valence-electron chi connectivity index (χ4n) is 3.92. The monoisotopic (exact) mass is 488 g/mol. The van der Waals surface area contributed by atoms with Gasteiger partial charge in [0.15, 0.2) is 5.58 Å². The molecular formula is C24H36N4O5Si. The van der Waals surface area contributed by atoms with Crippen LogP contribution in [0.5, 0.6) is 0 Å². The minimum atomic E-state index is -1.78. The van der Waals surface area contributed by atoms with E-state index in [2.05, 4.69) is 36.9 Å². The minimum Gasteiger partial charge on any atom is -0.432 e. The van der Waals surface area contributed by atoms with Crippen molar-refractivity contribution >= 4 is 37.0 Å². The van der Waals surface area contributed by atoms with Gasteiger partial charge in [-0.1, -0.05) is 51.5 Å². The molecule has 2 aromatic rings. The van der Waals surface area contributed by atoms with Gasteiger partial charge in [-0.25, -0.2) is 9.78 Å². The molecule has 0 radical (unpaired) electrons. The molecule has 34 heavy (non-hydrogen) atoms. The Kier molecular flexibility index (Phi) is 8.84. The molecule has 1 saturated heterocycles. The lowest BCUT2D eigenvalue weighted by Crippen LogP contribution is -2.56. The molecule has 186 valence electrons. The van der Waals surface area contributed by atoms with Gasteiger partial charge in [0.1, 0.15) is 11.6 Å². The van der Waals surface area contributed by atoms with Crippen LogP contribution in [0.3, 0.4) is 0 Å². The number of nitrogens with zero attached hydrogens (tertiary/aromatic N) is 3. The molecule has 1 aliphatic rings. The van der Waals surface area contributed by atoms with Crippen molar-refractivity contribution in [1.29, 1.82) is 0 Å². The smallest absolute Gasteiger partial charge is 0.318 e. The van der Waals surface area contributed by atoms with Gasteiger partial charge in [-0.3, -0.25) is 14.5 Å². The molecule has 1 aromatic heterocycles. The number of urea groups is 1. The number of amides is 4. The first-order valence-corrected chi connectivity index (χ1v) is 15.7. The molecule has 9 nitrogen and oxygen atoms in total. The standard InChI is InChI=1S/C24H36N4O5Si/c1-5-6-9-12-28(23(30)21-25-18-10-7-8-11-20(18)33-21)22(29)19(17-34(2,3)4)26-24(31)27-13-15-32-16-14-27/h7-8,10-11,19H,5-6,9,12-17H2,1-4H3,(H,26,31)/t19-/m0/s1. The summed E-state index contributed by atoms with van der Waals surface area (Å²) in [6.45, 7) is 10.6. The third kappa shape index (κ3) is 6.89. The SMILES string of the molecule is CCCCCN(C(=O)c1nc2ccccc2o1)C(=O)[C@H](C[Si](C)(C)C)NC(=O)N1CCOCC1. The Morgan fingerprint density at radius 3 is 2.50 bits per heavy atom. The summed E-state index contributed by atoms with van der Waals surface area (Å²) in [5.41, 5.74) is 1.05. The number of nitrogens with one attached hydrogen (secondary N) is 1. The maximum atomic E-state index is 13.8. The van der Waals surface area contributed by atoms with Crippen molar-refractivity contribution in [2.75, 3.05) is 32.8 Å². The lowest BCUT2D eigenvalue weighted by atomic mass is 10.2. The molecule has 0 unspecified atom stereocenters. The first kappa shape index (κ1) is 25.9. The Morgan fingerprint density at radius 1 is 1.15 bits per heavy atom. The van der Waals surface area contributed by atoms with Crippen LogP contribution in [0.15, 0.2) is 28.7 Å². The zero-order chi connectivity index (χ0) is 24.7. The summed E-state index contributed by atoms with van der Waals surface area (Å²) in [7, 11) is -1.78. The average molecular weight is 489 g/mol. The summed E-state index contributed by atoms with van der Waals surface area (Å²) in [6, 6.07) is 6.53. The van der Waals surface area contributed by atoms with E-state index in [-0.39, 0.29) is 18.5 Å². The molecule has 1 fully saturated rings. The van der Waals surface area contributed by atoms with Gasteiger partial charge < -0.3 is 19.4 Å². The van der Waals surface area contributed by atoms with Crippen molar-refractivity contribution in [1.82, 2.24) is 20.1 Å². The van der Waals surface area contributed by atoms with Gasteiger partial charge in [0.2, 0.25) is 0 Å². The Bertz CT molecular complexity index is 964. The Balaban J connectivity index is 1.85.